The van der Waals surface area contributed by atoms with E-state index in [4.69, 9.17) is 4.74 Å². The second kappa shape index (κ2) is 6.62. The van der Waals surface area contributed by atoms with E-state index in [9.17, 15) is 0 Å². The zero-order chi connectivity index (χ0) is 15.5. The molecule has 118 valence electrons. The maximum absolute atomic E-state index is 5.85. The van der Waals surface area contributed by atoms with Crippen LogP contribution in [0.3, 0.4) is 0 Å². The molecule has 0 bridgehead atoms. The second-order valence-corrected chi connectivity index (χ2v) is 6.48. The summed E-state index contributed by atoms with van der Waals surface area (Å²) in [7, 11) is 0. The van der Waals surface area contributed by atoms with Gasteiger partial charge in [-0.2, -0.15) is 5.10 Å². The van der Waals surface area contributed by atoms with E-state index in [1.54, 1.807) is 11.3 Å². The fourth-order valence-electron chi connectivity index (χ4n) is 2.79. The predicted molar refractivity (Wildman–Crippen MR) is 89.6 cm³/mol. The Hall–Kier alpha value is -2.02. The van der Waals surface area contributed by atoms with Crippen LogP contribution in [-0.2, 0) is 11.3 Å². The number of hydrogen-bond acceptors (Lipinski definition) is 5. The average Bonchev–Trinajstić information content (AvgIpc) is 3.28. The molecule has 1 saturated heterocycles. The highest BCUT2D eigenvalue weighted by Crippen LogP contribution is 2.24. The molecule has 1 aromatic carbocycles. The second-order valence-electron chi connectivity index (χ2n) is 5.55. The fourth-order valence-corrected chi connectivity index (χ4v) is 3.47. The predicted octanol–water partition coefficient (Wildman–Crippen LogP) is 2.90. The molecule has 1 aliphatic heterocycles. The summed E-state index contributed by atoms with van der Waals surface area (Å²) in [5.74, 6) is 0. The molecule has 1 fully saturated rings. The van der Waals surface area contributed by atoms with E-state index in [-0.39, 0.29) is 6.10 Å². The van der Waals surface area contributed by atoms with Crippen molar-refractivity contribution in [3.8, 4) is 5.69 Å². The van der Waals surface area contributed by atoms with Crippen molar-refractivity contribution < 1.29 is 4.74 Å². The summed E-state index contributed by atoms with van der Waals surface area (Å²) in [6, 6.07) is 12.3. The van der Waals surface area contributed by atoms with Crippen molar-refractivity contribution >= 4 is 11.3 Å². The summed E-state index contributed by atoms with van der Waals surface area (Å²) in [5.41, 5.74) is 2.16. The highest BCUT2D eigenvalue weighted by Gasteiger charge is 2.24. The molecule has 0 amide bonds. The summed E-state index contributed by atoms with van der Waals surface area (Å²) in [6.45, 7) is 3.38. The van der Waals surface area contributed by atoms with Crippen LogP contribution < -0.4 is 0 Å². The Balaban J connectivity index is 1.43. The number of ether oxygens (including phenoxy) is 1. The van der Waals surface area contributed by atoms with Crippen molar-refractivity contribution in [3.05, 3.63) is 64.9 Å². The lowest BCUT2D eigenvalue weighted by molar-refractivity contribution is -0.0333. The van der Waals surface area contributed by atoms with Gasteiger partial charge in [0.25, 0.3) is 0 Å². The number of para-hydroxylation sites is 1. The van der Waals surface area contributed by atoms with Gasteiger partial charge >= 0.3 is 0 Å². The van der Waals surface area contributed by atoms with Crippen LogP contribution >= 0.6 is 11.3 Å². The number of aromatic nitrogens is 3. The summed E-state index contributed by atoms with van der Waals surface area (Å²) in [5, 5.41) is 7.74. The molecule has 4 rings (SSSR count). The first-order valence-corrected chi connectivity index (χ1v) is 8.60. The Morgan fingerprint density at radius 1 is 1.22 bits per heavy atom. The Labute approximate surface area is 139 Å². The maximum atomic E-state index is 5.85. The first-order valence-electron chi connectivity index (χ1n) is 7.72. The van der Waals surface area contributed by atoms with Crippen LogP contribution in [0, 0.1) is 0 Å². The number of thiazole rings is 1. The molecule has 23 heavy (non-hydrogen) atoms. The molecule has 3 aromatic rings. The third-order valence-electron chi connectivity index (χ3n) is 3.93. The van der Waals surface area contributed by atoms with Gasteiger partial charge in [0.2, 0.25) is 0 Å². The van der Waals surface area contributed by atoms with Crippen LogP contribution in [0.1, 0.15) is 16.8 Å². The molecule has 0 unspecified atom stereocenters. The van der Waals surface area contributed by atoms with Crippen LogP contribution in [0.15, 0.2) is 54.2 Å². The van der Waals surface area contributed by atoms with Crippen molar-refractivity contribution in [3.63, 3.8) is 0 Å². The lowest BCUT2D eigenvalue weighted by Gasteiger charge is -2.31. The standard InChI is InChI=1S/C17H18N4OS/c1-2-4-15(5-3-1)21-8-6-14(19-21)12-20-9-10-22-16(13-20)17-18-7-11-23-17/h1-8,11,16H,9-10,12-13H2/t16-/m0/s1. The number of benzene rings is 1. The Kier molecular flexibility index (Phi) is 4.19. The van der Waals surface area contributed by atoms with Gasteiger partial charge in [0.15, 0.2) is 0 Å². The number of nitrogens with zero attached hydrogens (tertiary/aromatic N) is 4. The summed E-state index contributed by atoms with van der Waals surface area (Å²) < 4.78 is 7.77. The van der Waals surface area contributed by atoms with Gasteiger partial charge in [-0.15, -0.1) is 11.3 Å². The molecular formula is C17H18N4OS. The molecule has 1 aliphatic rings. The normalized spacial score (nSPS) is 19.0. The van der Waals surface area contributed by atoms with E-state index in [1.807, 2.05) is 40.7 Å². The van der Waals surface area contributed by atoms with E-state index in [1.165, 1.54) is 0 Å². The first kappa shape index (κ1) is 14.6. The van der Waals surface area contributed by atoms with Gasteiger partial charge in [-0.05, 0) is 18.2 Å². The van der Waals surface area contributed by atoms with Crippen molar-refractivity contribution in [2.75, 3.05) is 19.7 Å². The minimum atomic E-state index is 0.0833. The number of morpholine rings is 1. The summed E-state index contributed by atoms with van der Waals surface area (Å²) in [6.07, 6.45) is 3.94. The zero-order valence-corrected chi connectivity index (χ0v) is 13.5. The zero-order valence-electron chi connectivity index (χ0n) is 12.7. The molecule has 2 aromatic heterocycles. The number of hydrogen-bond donors (Lipinski definition) is 0. The largest absolute Gasteiger partial charge is 0.368 e. The molecule has 0 spiro atoms. The van der Waals surface area contributed by atoms with Gasteiger partial charge < -0.3 is 4.74 Å². The monoisotopic (exact) mass is 326 g/mol. The van der Waals surface area contributed by atoms with Crippen molar-refractivity contribution in [1.29, 1.82) is 0 Å². The van der Waals surface area contributed by atoms with Gasteiger partial charge in [0, 0.05) is 37.4 Å². The minimum Gasteiger partial charge on any atom is -0.368 e. The van der Waals surface area contributed by atoms with E-state index in [2.05, 4.69) is 33.2 Å². The molecule has 3 heterocycles. The van der Waals surface area contributed by atoms with Gasteiger partial charge in [-0.1, -0.05) is 18.2 Å². The van der Waals surface area contributed by atoms with Crippen LogP contribution in [0.2, 0.25) is 0 Å². The third kappa shape index (κ3) is 3.34. The molecule has 6 heteroatoms. The first-order chi connectivity index (χ1) is 11.4. The van der Waals surface area contributed by atoms with Crippen LogP contribution in [-0.4, -0.2) is 39.4 Å². The Morgan fingerprint density at radius 3 is 2.96 bits per heavy atom. The van der Waals surface area contributed by atoms with E-state index in [0.717, 1.165) is 42.6 Å². The maximum Gasteiger partial charge on any atom is 0.123 e. The molecule has 0 aliphatic carbocycles. The van der Waals surface area contributed by atoms with Crippen LogP contribution in [0.4, 0.5) is 0 Å². The quantitative estimate of drug-likeness (QED) is 0.739. The van der Waals surface area contributed by atoms with Gasteiger partial charge in [0.1, 0.15) is 11.1 Å². The van der Waals surface area contributed by atoms with Gasteiger partial charge in [-0.25, -0.2) is 9.67 Å². The van der Waals surface area contributed by atoms with E-state index in [0.29, 0.717) is 0 Å². The lowest BCUT2D eigenvalue weighted by Crippen LogP contribution is -2.37. The molecular weight excluding hydrogens is 308 g/mol. The summed E-state index contributed by atoms with van der Waals surface area (Å²) >= 11 is 1.66. The SMILES string of the molecule is c1ccc(-n2ccc(CN3CCO[C@H](c4nccs4)C3)n2)cc1. The topological polar surface area (TPSA) is 43.2 Å². The molecule has 0 saturated carbocycles. The molecule has 1 atom stereocenters. The molecule has 0 radical (unpaired) electrons. The lowest BCUT2D eigenvalue weighted by atomic mass is 10.2. The van der Waals surface area contributed by atoms with Crippen molar-refractivity contribution in [2.45, 2.75) is 12.6 Å². The Bertz CT molecular complexity index is 741. The van der Waals surface area contributed by atoms with E-state index < -0.39 is 0 Å². The van der Waals surface area contributed by atoms with Gasteiger partial charge in [-0.3, -0.25) is 4.90 Å². The van der Waals surface area contributed by atoms with Crippen molar-refractivity contribution in [2.24, 2.45) is 0 Å². The molecule has 5 nitrogen and oxygen atoms in total. The van der Waals surface area contributed by atoms with Crippen LogP contribution in [0.5, 0.6) is 0 Å². The summed E-state index contributed by atoms with van der Waals surface area (Å²) in [4.78, 5) is 6.75. The smallest absolute Gasteiger partial charge is 0.123 e. The van der Waals surface area contributed by atoms with Crippen LogP contribution in [0.25, 0.3) is 5.69 Å². The highest BCUT2D eigenvalue weighted by molar-refractivity contribution is 7.09. The fraction of sp³-hybridized carbons (Fsp3) is 0.294. The number of rotatable bonds is 4. The third-order valence-corrected chi connectivity index (χ3v) is 4.80. The molecule has 0 N–H and O–H groups in total. The van der Waals surface area contributed by atoms with Crippen molar-refractivity contribution in [1.82, 2.24) is 19.7 Å². The van der Waals surface area contributed by atoms with E-state index >= 15 is 0 Å². The average molecular weight is 326 g/mol. The highest BCUT2D eigenvalue weighted by atomic mass is 32.1. The van der Waals surface area contributed by atoms with Gasteiger partial charge in [0.05, 0.1) is 18.0 Å². The Morgan fingerprint density at radius 2 is 2.13 bits per heavy atom. The minimum absolute atomic E-state index is 0.0833.